The van der Waals surface area contributed by atoms with Gasteiger partial charge in [-0.15, -0.1) is 0 Å². The molecule has 0 saturated heterocycles. The van der Waals surface area contributed by atoms with Crippen LogP contribution in [0.4, 0.5) is 0 Å². The number of nitrogens with zero attached hydrogens (tertiary/aromatic N) is 1. The largest absolute Gasteiger partial charge is 0.326 e. The van der Waals surface area contributed by atoms with E-state index in [4.69, 9.17) is 5.73 Å². The number of rotatable bonds is 7. The van der Waals surface area contributed by atoms with Crippen molar-refractivity contribution < 1.29 is 16.8 Å². The fourth-order valence-electron chi connectivity index (χ4n) is 5.12. The SMILES string of the molecule is CN(C)Cc1cccc2cc(S(=O)(=O)c3ccccc3)ccc12.NCc1cccc2cc(S(=O)(=O)c3ccccc3)ccc12. The number of hydrogen-bond acceptors (Lipinski definition) is 6. The molecular formula is C36H34N2O4S2. The number of benzene rings is 6. The number of hydrogen-bond donors (Lipinski definition) is 1. The van der Waals surface area contributed by atoms with Crippen LogP contribution in [-0.4, -0.2) is 35.8 Å². The Bertz CT molecular complexity index is 2130. The Morgan fingerprint density at radius 1 is 0.500 bits per heavy atom. The van der Waals surface area contributed by atoms with Crippen LogP contribution in [0, 0.1) is 0 Å². The normalized spacial score (nSPS) is 11.8. The fraction of sp³-hybridized carbons (Fsp3) is 0.111. The van der Waals surface area contributed by atoms with Crippen molar-refractivity contribution in [3.8, 4) is 0 Å². The summed E-state index contributed by atoms with van der Waals surface area (Å²) < 4.78 is 50.7. The Morgan fingerprint density at radius 2 is 0.932 bits per heavy atom. The summed E-state index contributed by atoms with van der Waals surface area (Å²) in [5.74, 6) is 0. The fourth-order valence-corrected chi connectivity index (χ4v) is 7.75. The molecule has 0 aliphatic heterocycles. The second-order valence-electron chi connectivity index (χ2n) is 10.7. The third-order valence-corrected chi connectivity index (χ3v) is 10.9. The molecule has 0 aliphatic rings. The summed E-state index contributed by atoms with van der Waals surface area (Å²) in [4.78, 5) is 3.36. The molecule has 0 aliphatic carbocycles. The summed E-state index contributed by atoms with van der Waals surface area (Å²) in [6, 6.07) is 39.3. The van der Waals surface area contributed by atoms with Crippen molar-refractivity contribution in [1.29, 1.82) is 0 Å². The summed E-state index contributed by atoms with van der Waals surface area (Å²) in [6.07, 6.45) is 0. The molecule has 0 aromatic heterocycles. The van der Waals surface area contributed by atoms with Crippen LogP contribution >= 0.6 is 0 Å². The minimum atomic E-state index is -3.48. The van der Waals surface area contributed by atoms with Crippen molar-refractivity contribution in [1.82, 2.24) is 4.90 Å². The molecule has 44 heavy (non-hydrogen) atoms. The van der Waals surface area contributed by atoms with E-state index >= 15 is 0 Å². The predicted octanol–water partition coefficient (Wildman–Crippen LogP) is 6.87. The molecule has 2 N–H and O–H groups in total. The first-order valence-electron chi connectivity index (χ1n) is 14.1. The zero-order valence-corrected chi connectivity index (χ0v) is 26.2. The first-order valence-corrected chi connectivity index (χ1v) is 17.1. The molecule has 6 aromatic carbocycles. The van der Waals surface area contributed by atoms with E-state index in [1.165, 1.54) is 5.56 Å². The lowest BCUT2D eigenvalue weighted by atomic mass is 10.0. The highest BCUT2D eigenvalue weighted by atomic mass is 32.2. The molecule has 6 aromatic rings. The Balaban J connectivity index is 0.000000175. The molecule has 6 rings (SSSR count). The summed E-state index contributed by atoms with van der Waals surface area (Å²) in [7, 11) is -2.92. The van der Waals surface area contributed by atoms with Crippen molar-refractivity contribution in [2.24, 2.45) is 5.73 Å². The summed E-state index contributed by atoms with van der Waals surface area (Å²) in [5.41, 5.74) is 7.91. The maximum atomic E-state index is 12.7. The summed E-state index contributed by atoms with van der Waals surface area (Å²) in [5, 5.41) is 3.91. The van der Waals surface area contributed by atoms with E-state index in [-0.39, 0.29) is 0 Å². The van der Waals surface area contributed by atoms with Gasteiger partial charge in [0.25, 0.3) is 0 Å². The Morgan fingerprint density at radius 3 is 1.36 bits per heavy atom. The summed E-state index contributed by atoms with van der Waals surface area (Å²) >= 11 is 0. The van der Waals surface area contributed by atoms with Crippen LogP contribution in [0.15, 0.2) is 153 Å². The number of nitrogens with two attached hydrogens (primary N) is 1. The molecule has 0 atom stereocenters. The van der Waals surface area contributed by atoms with Gasteiger partial charge in [0, 0.05) is 13.1 Å². The summed E-state index contributed by atoms with van der Waals surface area (Å²) in [6.45, 7) is 1.25. The van der Waals surface area contributed by atoms with Crippen molar-refractivity contribution in [3.05, 3.63) is 145 Å². The maximum absolute atomic E-state index is 12.7. The third kappa shape index (κ3) is 6.59. The molecule has 8 heteroatoms. The van der Waals surface area contributed by atoms with E-state index < -0.39 is 19.7 Å². The van der Waals surface area contributed by atoms with Crippen LogP contribution in [0.25, 0.3) is 21.5 Å². The van der Waals surface area contributed by atoms with E-state index in [9.17, 15) is 16.8 Å². The van der Waals surface area contributed by atoms with Crippen molar-refractivity contribution >= 4 is 41.2 Å². The minimum Gasteiger partial charge on any atom is -0.326 e. The van der Waals surface area contributed by atoms with Gasteiger partial charge in [0.2, 0.25) is 19.7 Å². The molecule has 6 nitrogen and oxygen atoms in total. The Kier molecular flexibility index (Phi) is 9.27. The number of sulfone groups is 2. The van der Waals surface area contributed by atoms with Crippen molar-refractivity contribution in [2.45, 2.75) is 32.7 Å². The van der Waals surface area contributed by atoms with E-state index in [0.717, 1.165) is 33.7 Å². The molecule has 0 unspecified atom stereocenters. The molecule has 0 spiro atoms. The van der Waals surface area contributed by atoms with Crippen molar-refractivity contribution in [3.63, 3.8) is 0 Å². The van der Waals surface area contributed by atoms with E-state index in [2.05, 4.69) is 11.0 Å². The highest BCUT2D eigenvalue weighted by Crippen LogP contribution is 2.28. The second-order valence-corrected chi connectivity index (χ2v) is 14.6. The van der Waals surface area contributed by atoms with E-state index in [0.29, 0.717) is 26.1 Å². The molecule has 0 bridgehead atoms. The second kappa shape index (κ2) is 13.1. The molecular weight excluding hydrogens is 589 g/mol. The smallest absolute Gasteiger partial charge is 0.206 e. The third-order valence-electron chi connectivity index (χ3n) is 7.32. The van der Waals surface area contributed by atoms with Gasteiger partial charge in [-0.05, 0) is 95.3 Å². The quantitative estimate of drug-likeness (QED) is 0.209. The van der Waals surface area contributed by atoms with Gasteiger partial charge in [0.1, 0.15) is 0 Å². The lowest BCUT2D eigenvalue weighted by Crippen LogP contribution is -2.11. The van der Waals surface area contributed by atoms with Crippen LogP contribution in [0.2, 0.25) is 0 Å². The lowest BCUT2D eigenvalue weighted by molar-refractivity contribution is 0.404. The van der Waals surface area contributed by atoms with Crippen LogP contribution in [-0.2, 0) is 32.8 Å². The first kappa shape index (κ1) is 31.1. The van der Waals surface area contributed by atoms with Gasteiger partial charge in [-0.3, -0.25) is 0 Å². The van der Waals surface area contributed by atoms with Gasteiger partial charge in [-0.2, -0.15) is 0 Å². The van der Waals surface area contributed by atoms with Crippen molar-refractivity contribution in [2.75, 3.05) is 14.1 Å². The highest BCUT2D eigenvalue weighted by Gasteiger charge is 2.19. The monoisotopic (exact) mass is 622 g/mol. The van der Waals surface area contributed by atoms with Crippen LogP contribution in [0.1, 0.15) is 11.1 Å². The standard InChI is InChI=1S/C19H19NO2S.C17H15NO2S/c1-20(2)14-16-8-6-7-15-13-18(11-12-19(15)16)23(21,22)17-9-4-3-5-10-17;18-12-14-6-4-5-13-11-16(9-10-17(13)14)21(19,20)15-7-2-1-3-8-15/h3-13H,14H2,1-2H3;1-11H,12,18H2. The van der Waals surface area contributed by atoms with Crippen LogP contribution < -0.4 is 5.73 Å². The topological polar surface area (TPSA) is 97.5 Å². The molecule has 0 saturated carbocycles. The van der Waals surface area contributed by atoms with E-state index in [1.54, 1.807) is 78.9 Å². The molecule has 0 heterocycles. The van der Waals surface area contributed by atoms with Crippen LogP contribution in [0.5, 0.6) is 0 Å². The van der Waals surface area contributed by atoms with Gasteiger partial charge in [0.05, 0.1) is 19.6 Å². The average Bonchev–Trinajstić information content (AvgIpc) is 3.05. The van der Waals surface area contributed by atoms with Gasteiger partial charge in [-0.1, -0.05) is 84.9 Å². The van der Waals surface area contributed by atoms with Gasteiger partial charge >= 0.3 is 0 Å². The predicted molar refractivity (Wildman–Crippen MR) is 177 cm³/mol. The molecule has 0 radical (unpaired) electrons. The minimum absolute atomic E-state index is 0.301. The van der Waals surface area contributed by atoms with E-state index in [1.807, 2.05) is 62.6 Å². The van der Waals surface area contributed by atoms with Gasteiger partial charge in [-0.25, -0.2) is 16.8 Å². The maximum Gasteiger partial charge on any atom is 0.206 e. The number of fused-ring (bicyclic) bond motifs is 2. The zero-order chi connectivity index (χ0) is 31.3. The van der Waals surface area contributed by atoms with Gasteiger partial charge in [0.15, 0.2) is 0 Å². The Labute approximate surface area is 259 Å². The first-order chi connectivity index (χ1) is 21.1. The van der Waals surface area contributed by atoms with Crippen LogP contribution in [0.3, 0.4) is 0 Å². The Hall–Kier alpha value is -4.34. The zero-order valence-electron chi connectivity index (χ0n) is 24.6. The molecule has 0 amide bonds. The van der Waals surface area contributed by atoms with Gasteiger partial charge < -0.3 is 10.6 Å². The molecule has 0 fully saturated rings. The molecule has 224 valence electrons. The highest BCUT2D eigenvalue weighted by molar-refractivity contribution is 7.91. The lowest BCUT2D eigenvalue weighted by Gasteiger charge is -2.13. The average molecular weight is 623 g/mol.